The van der Waals surface area contributed by atoms with Gasteiger partial charge < -0.3 is 117 Å². The van der Waals surface area contributed by atoms with E-state index in [1.165, 1.54) is 4.90 Å². The summed E-state index contributed by atoms with van der Waals surface area (Å²) >= 11 is 0. The van der Waals surface area contributed by atoms with E-state index in [-0.39, 0.29) is 97.8 Å². The number of aliphatic carboxylic acids is 3. The summed E-state index contributed by atoms with van der Waals surface area (Å²) in [7, 11) is 0. The Balaban J connectivity index is -0.0000205. The van der Waals surface area contributed by atoms with Crippen LogP contribution in [-0.4, -0.2) is 286 Å². The molecule has 0 aromatic rings. The van der Waals surface area contributed by atoms with E-state index in [1.807, 2.05) is 0 Å². The first-order valence-electron chi connectivity index (χ1n) is 19.4. The van der Waals surface area contributed by atoms with Gasteiger partial charge in [-0.15, -0.1) is 0 Å². The van der Waals surface area contributed by atoms with Gasteiger partial charge in [0.05, 0.1) is 56.6 Å². The first-order valence-corrected chi connectivity index (χ1v) is 19.4. The Bertz CT molecular complexity index is 1420. The number of amides is 4. The molecular weight excluding hydrogens is 1060 g/mol. The second kappa shape index (κ2) is 38.9. The molecule has 8 atom stereocenters. The topological polar surface area (TPSA) is 523 Å². The Morgan fingerprint density at radius 1 is 0.478 bits per heavy atom. The van der Waals surface area contributed by atoms with Gasteiger partial charge in [0.15, 0.2) is 13.2 Å². The van der Waals surface area contributed by atoms with Crippen molar-refractivity contribution in [1.29, 1.82) is 0 Å². The number of carbonyl (C=O) groups excluding carboxylic acids is 7. The van der Waals surface area contributed by atoms with Crippen molar-refractivity contribution in [3.8, 4) is 0 Å². The van der Waals surface area contributed by atoms with Crippen molar-refractivity contribution in [3.05, 3.63) is 0 Å². The van der Waals surface area contributed by atoms with E-state index < -0.39 is 150 Å². The molecule has 0 fully saturated rings. The van der Waals surface area contributed by atoms with Gasteiger partial charge in [0.25, 0.3) is 11.8 Å². The van der Waals surface area contributed by atoms with Crippen molar-refractivity contribution in [3.63, 3.8) is 0 Å². The van der Waals surface area contributed by atoms with Crippen LogP contribution in [0.25, 0.3) is 0 Å². The molecule has 67 heavy (non-hydrogen) atoms. The van der Waals surface area contributed by atoms with Gasteiger partial charge in [-0.25, -0.2) is 0 Å². The molecule has 0 aliphatic rings. The summed E-state index contributed by atoms with van der Waals surface area (Å²) in [5.41, 5.74) is 0. The third kappa shape index (κ3) is 33.2. The average Bonchev–Trinajstić information content (AvgIpc) is 3.25. The molecule has 0 bridgehead atoms. The molecule has 32 nitrogen and oxygen atoms in total. The van der Waals surface area contributed by atoms with E-state index in [2.05, 4.69) is 41.3 Å². The minimum absolute atomic E-state index is 0. The monoisotopic (exact) mass is 1120 g/mol. The summed E-state index contributed by atoms with van der Waals surface area (Å²) in [5.74, 6) is -7.66. The fraction of sp³-hybridized carbons (Fsp3) is 0.735. The molecule has 4 amide bonds. The van der Waals surface area contributed by atoms with Crippen LogP contribution in [0.5, 0.6) is 0 Å². The van der Waals surface area contributed by atoms with Crippen molar-refractivity contribution in [2.45, 2.75) is 48.8 Å². The van der Waals surface area contributed by atoms with E-state index in [0.29, 0.717) is 12.4 Å². The van der Waals surface area contributed by atoms with Crippen molar-refractivity contribution >= 4 is 54.0 Å². The molecule has 0 saturated carbocycles. The van der Waals surface area contributed by atoms with Crippen LogP contribution in [0.1, 0.15) is 0 Å². The maximum atomic E-state index is 12.5. The number of carbonyl (C=O) groups is 7. The van der Waals surface area contributed by atoms with Gasteiger partial charge in [-0.05, 0) is 0 Å². The molecule has 16 N–H and O–H groups in total. The van der Waals surface area contributed by atoms with Crippen molar-refractivity contribution in [2.24, 2.45) is 10.3 Å². The van der Waals surface area contributed by atoms with E-state index >= 15 is 0 Å². The summed E-state index contributed by atoms with van der Waals surface area (Å²) in [6.45, 7) is -7.97. The summed E-state index contributed by atoms with van der Waals surface area (Å²) in [4.78, 5) is 95.8. The predicted octanol–water partition coefficient (Wildman–Crippen LogP) is -16.3. The maximum absolute atomic E-state index is 12.5. The number of rotatable bonds is 38. The fourth-order valence-corrected chi connectivity index (χ4v) is 4.89. The number of carboxylic acids is 3. The Kier molecular flexibility index (Phi) is 39.1. The molecule has 1 radical (unpaired) electrons. The van der Waals surface area contributed by atoms with Gasteiger partial charge in [-0.3, -0.25) is 33.9 Å². The smallest absolute Gasteiger partial charge is 0.549 e. The van der Waals surface area contributed by atoms with Crippen molar-refractivity contribution in [2.75, 3.05) is 112 Å². The molecule has 0 rings (SSSR count). The molecule has 0 saturated heterocycles. The molecule has 387 valence electrons. The maximum Gasteiger partial charge on any atom is 3.00 e. The minimum atomic E-state index is -1.94. The Labute approximate surface area is 413 Å². The van der Waals surface area contributed by atoms with Crippen LogP contribution in [0.3, 0.4) is 0 Å². The number of aliphatic hydroxyl groups excluding tert-OH is 10. The van der Waals surface area contributed by atoms with Crippen LogP contribution in [-0.2, 0) is 43.2 Å². The predicted molar refractivity (Wildman–Crippen MR) is 211 cm³/mol. The van der Waals surface area contributed by atoms with Crippen LogP contribution in [0.15, 0.2) is 10.3 Å². The summed E-state index contributed by atoms with van der Waals surface area (Å²) in [5, 5.41) is 144. The van der Waals surface area contributed by atoms with Gasteiger partial charge in [0, 0.05) is 72.0 Å². The summed E-state index contributed by atoms with van der Waals surface area (Å²) in [6, 6.07) is 0. The van der Waals surface area contributed by atoms with Crippen LogP contribution >= 0.6 is 0 Å². The Morgan fingerprint density at radius 2 is 0.761 bits per heavy atom. The average molecular weight is 1120 g/mol. The molecule has 0 spiro atoms. The molecule has 0 aliphatic carbocycles. The second-order valence-electron chi connectivity index (χ2n) is 13.7. The third-order valence-electron chi connectivity index (χ3n) is 8.33. The van der Waals surface area contributed by atoms with E-state index in [1.54, 1.807) is 0 Å². The van der Waals surface area contributed by atoms with Crippen LogP contribution in [0.4, 0.5) is 0 Å². The molecule has 0 aromatic carbocycles. The van der Waals surface area contributed by atoms with Crippen molar-refractivity contribution in [1.82, 2.24) is 36.0 Å². The zero-order valence-corrected chi connectivity index (χ0v) is 38.0. The Hall–Kier alpha value is -4.01. The number of hydrogen-bond donors (Lipinski definition) is 14. The molecule has 0 aromatic heterocycles. The SMILES string of the molecule is O.O=C([O-])CN(CCN(CC(=O)[O-])CC(=O)NCCNC(=O)CO/N=C/[C@@H](O)[C@H](O)[C@@H](O)C(O)CO)CCN(CC(=O)[O-])CC(=O)NCCNC(=O)CO/N=C/[C@@H](O)[C@H](O)[C@@H](O)C(O)CO.[Gd+3]. The number of oxime groups is 2. The van der Waals surface area contributed by atoms with E-state index in [0.717, 1.165) is 9.80 Å². The van der Waals surface area contributed by atoms with E-state index in [9.17, 15) is 89.7 Å². The molecule has 0 heterocycles. The quantitative estimate of drug-likeness (QED) is 0.0155. The van der Waals surface area contributed by atoms with Gasteiger partial charge in [0.2, 0.25) is 11.8 Å². The number of nitrogens with one attached hydrogen (secondary N) is 4. The zero-order chi connectivity index (χ0) is 49.5. The Morgan fingerprint density at radius 3 is 1.06 bits per heavy atom. The number of hydrogen-bond acceptors (Lipinski definition) is 27. The normalized spacial score (nSPS) is 15.0. The standard InChI is InChI=1S/C34H61N9O22.Gd.H2O/c44-16-22(48)33(62)31(60)20(46)9-39-64-18-26(52)37-3-1-35-24(50)11-42(14-29(56)57)7-5-41(13-28(54)55)6-8-43(15-30(58)59)12-25(51)36-2-4-38-27(53)19-65-40-10-21(47)32(61)34(63)23(49)17-45;;/h9-10,20-23,31-34,44-49,60-63H,1-8,11-19H2,(H,35,50)(H,36,51)(H,37,52)(H,38,53)(H,54,55)(H,56,57)(H,58,59);;1H2/q;+3;/p-3/b39-9+,40-10+;;/t20-,21-,22?,23?,31+,32+,33+,34+;;/m1../s1. The third-order valence-corrected chi connectivity index (χ3v) is 8.33. The van der Waals surface area contributed by atoms with E-state index in [4.69, 9.17) is 10.2 Å². The first kappa shape index (κ1) is 67.3. The molecular formula is C34H60GdN9O23. The van der Waals surface area contributed by atoms with Gasteiger partial charge in [0.1, 0.15) is 48.8 Å². The number of carboxylic acid groups (broad SMARTS) is 3. The van der Waals surface area contributed by atoms with Crippen molar-refractivity contribution < 1.29 is 155 Å². The first-order chi connectivity index (χ1) is 30.6. The summed E-state index contributed by atoms with van der Waals surface area (Å²) in [6.07, 6.45) is -13.7. The van der Waals surface area contributed by atoms with Crippen LogP contribution < -0.4 is 36.6 Å². The van der Waals surface area contributed by atoms with Crippen LogP contribution in [0.2, 0.25) is 0 Å². The number of aliphatic hydroxyl groups is 10. The fourth-order valence-electron chi connectivity index (χ4n) is 4.89. The van der Waals surface area contributed by atoms with Gasteiger partial charge >= 0.3 is 39.9 Å². The largest absolute Gasteiger partial charge is 3.00 e. The van der Waals surface area contributed by atoms with Crippen LogP contribution in [0, 0.1) is 39.9 Å². The number of nitrogens with zero attached hydrogens (tertiary/aromatic N) is 5. The zero-order valence-electron chi connectivity index (χ0n) is 35.8. The second-order valence-corrected chi connectivity index (χ2v) is 13.7. The minimum Gasteiger partial charge on any atom is -0.549 e. The van der Waals surface area contributed by atoms with Gasteiger partial charge in [-0.2, -0.15) is 0 Å². The summed E-state index contributed by atoms with van der Waals surface area (Å²) < 4.78 is 0. The van der Waals surface area contributed by atoms with Gasteiger partial charge in [-0.1, -0.05) is 10.3 Å². The molecule has 33 heteroatoms. The molecule has 0 aliphatic heterocycles. The molecule has 2 unspecified atom stereocenters.